The summed E-state index contributed by atoms with van der Waals surface area (Å²) in [4.78, 5) is 4.34. The molecule has 4 nitrogen and oxygen atoms in total. The number of hydrogen-bond acceptors (Lipinski definition) is 4. The molecule has 1 aromatic heterocycles. The standard InChI is InChI=1S/C15H16ClNO3S/c1-11-12(2)15(21(16,18)19)7-6-14(11)20-10-8-13-5-3-4-9-17-13/h3-7,9H,8,10H2,1-2H3. The van der Waals surface area contributed by atoms with Gasteiger partial charge in [-0.25, -0.2) is 8.42 Å². The highest BCUT2D eigenvalue weighted by molar-refractivity contribution is 8.13. The van der Waals surface area contributed by atoms with E-state index in [-0.39, 0.29) is 4.90 Å². The third-order valence-electron chi connectivity index (χ3n) is 3.29. The summed E-state index contributed by atoms with van der Waals surface area (Å²) >= 11 is 0. The minimum absolute atomic E-state index is 0.124. The first kappa shape index (κ1) is 15.8. The number of aromatic nitrogens is 1. The first-order valence-corrected chi connectivity index (χ1v) is 8.78. The van der Waals surface area contributed by atoms with Crippen molar-refractivity contribution in [2.75, 3.05) is 6.61 Å². The maximum absolute atomic E-state index is 11.4. The fourth-order valence-corrected chi connectivity index (χ4v) is 3.25. The van der Waals surface area contributed by atoms with Crippen LogP contribution < -0.4 is 4.74 Å². The highest BCUT2D eigenvalue weighted by atomic mass is 35.7. The molecule has 21 heavy (non-hydrogen) atoms. The van der Waals surface area contributed by atoms with Gasteiger partial charge >= 0.3 is 0 Å². The molecule has 0 fully saturated rings. The van der Waals surface area contributed by atoms with E-state index in [4.69, 9.17) is 15.4 Å². The van der Waals surface area contributed by atoms with E-state index < -0.39 is 9.05 Å². The second-order valence-electron chi connectivity index (χ2n) is 4.67. The summed E-state index contributed by atoms with van der Waals surface area (Å²) in [6.07, 6.45) is 2.43. The molecule has 6 heteroatoms. The largest absolute Gasteiger partial charge is 0.493 e. The van der Waals surface area contributed by atoms with Crippen LogP contribution in [0.1, 0.15) is 16.8 Å². The molecule has 0 saturated carbocycles. The van der Waals surface area contributed by atoms with Crippen LogP contribution in [0.5, 0.6) is 5.75 Å². The van der Waals surface area contributed by atoms with Crippen LogP contribution in [0.3, 0.4) is 0 Å². The van der Waals surface area contributed by atoms with E-state index in [0.717, 1.165) is 11.3 Å². The second kappa shape index (κ2) is 6.45. The summed E-state index contributed by atoms with van der Waals surface area (Å²) in [6, 6.07) is 8.84. The Kier molecular flexibility index (Phi) is 4.85. The Morgan fingerprint density at radius 1 is 1.14 bits per heavy atom. The predicted octanol–water partition coefficient (Wildman–Crippen LogP) is 3.25. The van der Waals surface area contributed by atoms with Crippen LogP contribution in [-0.4, -0.2) is 20.0 Å². The predicted molar refractivity (Wildman–Crippen MR) is 82.4 cm³/mol. The SMILES string of the molecule is Cc1c(OCCc2ccccn2)ccc(S(=O)(=O)Cl)c1C. The number of hydrogen-bond donors (Lipinski definition) is 0. The number of nitrogens with zero attached hydrogens (tertiary/aromatic N) is 1. The number of benzene rings is 1. The van der Waals surface area contributed by atoms with Crippen molar-refractivity contribution in [3.05, 3.63) is 53.3 Å². The molecule has 0 bridgehead atoms. The smallest absolute Gasteiger partial charge is 0.261 e. The van der Waals surface area contributed by atoms with Crippen molar-refractivity contribution in [2.24, 2.45) is 0 Å². The Labute approximate surface area is 129 Å². The van der Waals surface area contributed by atoms with E-state index in [1.807, 2.05) is 25.1 Å². The zero-order valence-electron chi connectivity index (χ0n) is 11.8. The summed E-state index contributed by atoms with van der Waals surface area (Å²) < 4.78 is 28.6. The van der Waals surface area contributed by atoms with Crippen molar-refractivity contribution in [2.45, 2.75) is 25.2 Å². The van der Waals surface area contributed by atoms with Gasteiger partial charge in [-0.3, -0.25) is 4.98 Å². The average molecular weight is 326 g/mol. The maximum Gasteiger partial charge on any atom is 0.261 e. The van der Waals surface area contributed by atoms with E-state index in [2.05, 4.69) is 4.98 Å². The second-order valence-corrected chi connectivity index (χ2v) is 7.20. The molecule has 0 aliphatic carbocycles. The molecule has 2 rings (SSSR count). The molecule has 0 radical (unpaired) electrons. The van der Waals surface area contributed by atoms with Gasteiger partial charge in [-0.05, 0) is 49.2 Å². The lowest BCUT2D eigenvalue weighted by molar-refractivity contribution is 0.318. The van der Waals surface area contributed by atoms with Crippen LogP contribution in [0, 0.1) is 13.8 Å². The Hall–Kier alpha value is -1.59. The van der Waals surface area contributed by atoms with Gasteiger partial charge < -0.3 is 4.74 Å². The van der Waals surface area contributed by atoms with Gasteiger partial charge in [0.2, 0.25) is 0 Å². The lowest BCUT2D eigenvalue weighted by Crippen LogP contribution is -2.05. The Balaban J connectivity index is 2.10. The molecule has 0 spiro atoms. The van der Waals surface area contributed by atoms with Crippen LogP contribution in [-0.2, 0) is 15.5 Å². The zero-order valence-corrected chi connectivity index (χ0v) is 13.4. The number of pyridine rings is 1. The van der Waals surface area contributed by atoms with E-state index >= 15 is 0 Å². The molecule has 1 aromatic carbocycles. The van der Waals surface area contributed by atoms with Crippen LogP contribution >= 0.6 is 10.7 Å². The number of rotatable bonds is 5. The van der Waals surface area contributed by atoms with Crippen LogP contribution in [0.2, 0.25) is 0 Å². The molecule has 0 aliphatic rings. The van der Waals surface area contributed by atoms with Crippen molar-refractivity contribution in [1.82, 2.24) is 4.98 Å². The van der Waals surface area contributed by atoms with E-state index in [1.54, 1.807) is 19.2 Å². The molecule has 1 heterocycles. The fourth-order valence-electron chi connectivity index (χ4n) is 2.00. The van der Waals surface area contributed by atoms with Crippen molar-refractivity contribution in [3.8, 4) is 5.75 Å². The zero-order chi connectivity index (χ0) is 15.5. The normalized spacial score (nSPS) is 11.4. The average Bonchev–Trinajstić information content (AvgIpc) is 2.43. The van der Waals surface area contributed by atoms with Crippen LogP contribution in [0.25, 0.3) is 0 Å². The van der Waals surface area contributed by atoms with Gasteiger partial charge in [0, 0.05) is 29.0 Å². The van der Waals surface area contributed by atoms with Gasteiger partial charge in [0.25, 0.3) is 9.05 Å². The van der Waals surface area contributed by atoms with Crippen molar-refractivity contribution < 1.29 is 13.2 Å². The minimum atomic E-state index is -3.73. The van der Waals surface area contributed by atoms with Crippen LogP contribution in [0.4, 0.5) is 0 Å². The molecule has 0 atom stereocenters. The van der Waals surface area contributed by atoms with Gasteiger partial charge in [0.05, 0.1) is 11.5 Å². The van der Waals surface area contributed by atoms with E-state index in [0.29, 0.717) is 24.3 Å². The third-order valence-corrected chi connectivity index (χ3v) is 4.76. The fraction of sp³-hybridized carbons (Fsp3) is 0.267. The van der Waals surface area contributed by atoms with Gasteiger partial charge in [-0.2, -0.15) is 0 Å². The maximum atomic E-state index is 11.4. The molecule has 0 unspecified atom stereocenters. The first-order chi connectivity index (χ1) is 9.89. The number of halogens is 1. The summed E-state index contributed by atoms with van der Waals surface area (Å²) in [5, 5.41) is 0. The van der Waals surface area contributed by atoms with Crippen molar-refractivity contribution in [1.29, 1.82) is 0 Å². The topological polar surface area (TPSA) is 56.3 Å². The molecule has 112 valence electrons. The monoisotopic (exact) mass is 325 g/mol. The quantitative estimate of drug-likeness (QED) is 0.792. The summed E-state index contributed by atoms with van der Waals surface area (Å²) in [5.74, 6) is 0.660. The third kappa shape index (κ3) is 3.95. The molecule has 0 N–H and O–H groups in total. The highest BCUT2D eigenvalue weighted by Crippen LogP contribution is 2.28. The van der Waals surface area contributed by atoms with Gasteiger partial charge in [0.1, 0.15) is 5.75 Å². The lowest BCUT2D eigenvalue weighted by atomic mass is 10.1. The molecule has 0 aliphatic heterocycles. The molecular formula is C15H16ClNO3S. The molecule has 0 saturated heterocycles. The van der Waals surface area contributed by atoms with Crippen molar-refractivity contribution in [3.63, 3.8) is 0 Å². The van der Waals surface area contributed by atoms with Crippen molar-refractivity contribution >= 4 is 19.7 Å². The lowest BCUT2D eigenvalue weighted by Gasteiger charge is -2.13. The van der Waals surface area contributed by atoms with E-state index in [1.165, 1.54) is 6.07 Å². The number of ether oxygens (including phenoxy) is 1. The van der Waals surface area contributed by atoms with Gasteiger partial charge in [-0.15, -0.1) is 0 Å². The molecule has 2 aromatic rings. The van der Waals surface area contributed by atoms with E-state index in [9.17, 15) is 8.42 Å². The summed E-state index contributed by atoms with van der Waals surface area (Å²) in [5.41, 5.74) is 2.34. The first-order valence-electron chi connectivity index (χ1n) is 6.47. The molecular weight excluding hydrogens is 310 g/mol. The Morgan fingerprint density at radius 3 is 2.52 bits per heavy atom. The van der Waals surface area contributed by atoms with Crippen LogP contribution in [0.15, 0.2) is 41.4 Å². The summed E-state index contributed by atoms with van der Waals surface area (Å²) in [6.45, 7) is 4.01. The Bertz CT molecular complexity index is 730. The summed E-state index contributed by atoms with van der Waals surface area (Å²) in [7, 11) is 1.67. The van der Waals surface area contributed by atoms with Gasteiger partial charge in [0.15, 0.2) is 0 Å². The highest BCUT2D eigenvalue weighted by Gasteiger charge is 2.16. The molecule has 0 amide bonds. The minimum Gasteiger partial charge on any atom is -0.493 e. The van der Waals surface area contributed by atoms with Gasteiger partial charge in [-0.1, -0.05) is 6.07 Å². The Morgan fingerprint density at radius 2 is 1.90 bits per heavy atom.